The van der Waals surface area contributed by atoms with E-state index in [2.05, 4.69) is 45.0 Å². The van der Waals surface area contributed by atoms with Crippen molar-refractivity contribution in [3.05, 3.63) is 92.4 Å². The molecular formula is C25H21IN2O3S. The van der Waals surface area contributed by atoms with Crippen molar-refractivity contribution in [2.24, 2.45) is 4.99 Å². The Labute approximate surface area is 205 Å². The normalized spacial score (nSPS) is 15.8. The predicted molar refractivity (Wildman–Crippen MR) is 138 cm³/mol. The average Bonchev–Trinajstić information content (AvgIpc) is 3.14. The van der Waals surface area contributed by atoms with Crippen LogP contribution in [0.2, 0.25) is 0 Å². The first-order valence-electron chi connectivity index (χ1n) is 10.1. The first kappa shape index (κ1) is 22.4. The molecule has 0 aliphatic carbocycles. The second-order valence-corrected chi connectivity index (χ2v) is 9.14. The van der Waals surface area contributed by atoms with Gasteiger partial charge in [-0.2, -0.15) is 0 Å². The van der Waals surface area contributed by atoms with Crippen molar-refractivity contribution >= 4 is 57.2 Å². The van der Waals surface area contributed by atoms with Crippen LogP contribution < -0.4 is 14.8 Å². The molecule has 3 aromatic rings. The van der Waals surface area contributed by atoms with Crippen LogP contribution in [0.5, 0.6) is 11.5 Å². The van der Waals surface area contributed by atoms with Crippen LogP contribution in [0.4, 0.5) is 5.69 Å². The fourth-order valence-corrected chi connectivity index (χ4v) is 4.19. The molecule has 1 N–H and O–H groups in total. The van der Waals surface area contributed by atoms with Gasteiger partial charge >= 0.3 is 0 Å². The highest BCUT2D eigenvalue weighted by Crippen LogP contribution is 2.31. The highest BCUT2D eigenvalue weighted by atomic mass is 127. The predicted octanol–water partition coefficient (Wildman–Crippen LogP) is 6.16. The Morgan fingerprint density at radius 1 is 1.00 bits per heavy atom. The number of thioether (sulfide) groups is 1. The lowest BCUT2D eigenvalue weighted by molar-refractivity contribution is -0.115. The highest BCUT2D eigenvalue weighted by Gasteiger charge is 2.24. The lowest BCUT2D eigenvalue weighted by Crippen LogP contribution is -2.19. The summed E-state index contributed by atoms with van der Waals surface area (Å²) >= 11 is 3.59. The number of carbonyl (C=O) groups is 1. The molecule has 1 heterocycles. The van der Waals surface area contributed by atoms with E-state index in [-0.39, 0.29) is 5.91 Å². The Balaban J connectivity index is 1.48. The monoisotopic (exact) mass is 556 g/mol. The van der Waals surface area contributed by atoms with E-state index in [9.17, 15) is 4.79 Å². The van der Waals surface area contributed by atoms with Crippen LogP contribution in [0.1, 0.15) is 18.1 Å². The van der Waals surface area contributed by atoms with Crippen LogP contribution in [0.3, 0.4) is 0 Å². The zero-order valence-electron chi connectivity index (χ0n) is 17.4. The number of rotatable bonds is 7. The molecular weight excluding hydrogens is 535 g/mol. The molecule has 0 saturated carbocycles. The lowest BCUT2D eigenvalue weighted by atomic mass is 10.2. The van der Waals surface area contributed by atoms with Crippen LogP contribution in [0.25, 0.3) is 6.08 Å². The number of para-hydroxylation sites is 1. The van der Waals surface area contributed by atoms with E-state index in [1.54, 1.807) is 0 Å². The fourth-order valence-electron chi connectivity index (χ4n) is 3.00. The molecule has 0 aromatic heterocycles. The average molecular weight is 556 g/mol. The van der Waals surface area contributed by atoms with Gasteiger partial charge in [0.2, 0.25) is 0 Å². The van der Waals surface area contributed by atoms with Gasteiger partial charge in [0.15, 0.2) is 5.17 Å². The van der Waals surface area contributed by atoms with Gasteiger partial charge in [-0.25, -0.2) is 4.99 Å². The summed E-state index contributed by atoms with van der Waals surface area (Å²) in [4.78, 5) is 17.6. The Kier molecular flexibility index (Phi) is 7.49. The van der Waals surface area contributed by atoms with Gasteiger partial charge in [-0.1, -0.05) is 30.3 Å². The van der Waals surface area contributed by atoms with Crippen molar-refractivity contribution in [2.45, 2.75) is 13.5 Å². The van der Waals surface area contributed by atoms with Crippen LogP contribution in [-0.2, 0) is 11.4 Å². The summed E-state index contributed by atoms with van der Waals surface area (Å²) in [5, 5.41) is 3.37. The number of hydrogen-bond acceptors (Lipinski definition) is 5. The molecule has 7 heteroatoms. The summed E-state index contributed by atoms with van der Waals surface area (Å²) in [6.07, 6.45) is 1.84. The molecule has 0 unspecified atom stereocenters. The van der Waals surface area contributed by atoms with Crippen molar-refractivity contribution in [3.8, 4) is 11.5 Å². The molecule has 1 fully saturated rings. The highest BCUT2D eigenvalue weighted by molar-refractivity contribution is 14.1. The summed E-state index contributed by atoms with van der Waals surface area (Å²) in [6.45, 7) is 3.02. The van der Waals surface area contributed by atoms with Gasteiger partial charge in [-0.3, -0.25) is 4.79 Å². The van der Waals surface area contributed by atoms with Gasteiger partial charge in [0.25, 0.3) is 5.91 Å². The number of benzene rings is 3. The zero-order valence-corrected chi connectivity index (χ0v) is 20.4. The van der Waals surface area contributed by atoms with Gasteiger partial charge in [0, 0.05) is 9.13 Å². The molecule has 1 saturated heterocycles. The molecule has 32 heavy (non-hydrogen) atoms. The van der Waals surface area contributed by atoms with E-state index in [1.165, 1.54) is 15.3 Å². The van der Waals surface area contributed by atoms with Crippen molar-refractivity contribution in [1.29, 1.82) is 0 Å². The Bertz CT molecular complexity index is 1160. The Hall–Kier alpha value is -2.78. The SMILES string of the molecule is CCOc1ccc(N=C2NC(=O)/C(=C\c3ccccc3OCc3ccc(I)cc3)S2)cc1. The number of amidine groups is 1. The summed E-state index contributed by atoms with van der Waals surface area (Å²) in [5.41, 5.74) is 2.68. The molecule has 162 valence electrons. The third-order valence-electron chi connectivity index (χ3n) is 4.54. The molecule has 1 amide bonds. The number of halogens is 1. The molecule has 0 radical (unpaired) electrons. The smallest absolute Gasteiger partial charge is 0.264 e. The van der Waals surface area contributed by atoms with E-state index in [4.69, 9.17) is 9.47 Å². The topological polar surface area (TPSA) is 59.9 Å². The minimum Gasteiger partial charge on any atom is -0.494 e. The fraction of sp³-hybridized carbons (Fsp3) is 0.120. The van der Waals surface area contributed by atoms with Crippen molar-refractivity contribution in [1.82, 2.24) is 5.32 Å². The van der Waals surface area contributed by atoms with Crippen LogP contribution in [0.15, 0.2) is 82.7 Å². The number of carbonyl (C=O) groups excluding carboxylic acids is 1. The van der Waals surface area contributed by atoms with E-state index in [1.807, 2.05) is 73.7 Å². The second-order valence-electron chi connectivity index (χ2n) is 6.86. The van der Waals surface area contributed by atoms with Crippen LogP contribution in [0, 0.1) is 3.57 Å². The standard InChI is InChI=1S/C25H21IN2O3S/c1-2-30-21-13-11-20(12-14-21)27-25-28-24(29)23(32-25)15-18-5-3-4-6-22(18)31-16-17-7-9-19(26)10-8-17/h3-15H,2,16H2,1H3,(H,27,28,29)/b23-15+. The largest absolute Gasteiger partial charge is 0.494 e. The van der Waals surface area contributed by atoms with Gasteiger partial charge in [-0.15, -0.1) is 0 Å². The minimum atomic E-state index is -0.174. The third kappa shape index (κ3) is 5.92. The Morgan fingerprint density at radius 3 is 2.50 bits per heavy atom. The van der Waals surface area contributed by atoms with Crippen LogP contribution in [-0.4, -0.2) is 17.7 Å². The molecule has 1 aliphatic rings. The van der Waals surface area contributed by atoms with Gasteiger partial charge in [-0.05, 0) is 95.4 Å². The third-order valence-corrected chi connectivity index (χ3v) is 6.17. The molecule has 4 rings (SSSR count). The number of ether oxygens (including phenoxy) is 2. The van der Waals surface area contributed by atoms with Gasteiger partial charge in [0.1, 0.15) is 18.1 Å². The van der Waals surface area contributed by atoms with Crippen LogP contribution >= 0.6 is 34.4 Å². The summed E-state index contributed by atoms with van der Waals surface area (Å²) in [5.74, 6) is 1.35. The summed E-state index contributed by atoms with van der Waals surface area (Å²) in [6, 6.07) is 23.3. The van der Waals surface area contributed by atoms with E-state index >= 15 is 0 Å². The number of amides is 1. The molecule has 0 spiro atoms. The minimum absolute atomic E-state index is 0.174. The van der Waals surface area contributed by atoms with Crippen molar-refractivity contribution < 1.29 is 14.3 Å². The maximum absolute atomic E-state index is 12.5. The maximum Gasteiger partial charge on any atom is 0.264 e. The van der Waals surface area contributed by atoms with E-state index in [0.29, 0.717) is 23.3 Å². The Morgan fingerprint density at radius 2 is 1.75 bits per heavy atom. The van der Waals surface area contributed by atoms with Gasteiger partial charge in [0.05, 0.1) is 17.2 Å². The first-order valence-corrected chi connectivity index (χ1v) is 12.0. The quantitative estimate of drug-likeness (QED) is 0.280. The number of hydrogen-bond donors (Lipinski definition) is 1. The maximum atomic E-state index is 12.5. The summed E-state index contributed by atoms with van der Waals surface area (Å²) < 4.78 is 12.7. The second kappa shape index (κ2) is 10.7. The molecule has 0 atom stereocenters. The van der Waals surface area contributed by atoms with Crippen molar-refractivity contribution in [2.75, 3.05) is 6.61 Å². The summed E-state index contributed by atoms with van der Waals surface area (Å²) in [7, 11) is 0. The lowest BCUT2D eigenvalue weighted by Gasteiger charge is -2.09. The van der Waals surface area contributed by atoms with E-state index in [0.717, 1.165) is 28.3 Å². The number of nitrogens with zero attached hydrogens (tertiary/aromatic N) is 1. The molecule has 0 bridgehead atoms. The molecule has 1 aliphatic heterocycles. The van der Waals surface area contributed by atoms with Gasteiger partial charge < -0.3 is 14.8 Å². The first-order chi connectivity index (χ1) is 15.6. The molecule has 3 aromatic carbocycles. The number of aliphatic imine (C=N–C) groups is 1. The number of nitrogens with one attached hydrogen (secondary N) is 1. The van der Waals surface area contributed by atoms with E-state index < -0.39 is 0 Å². The zero-order chi connectivity index (χ0) is 22.3. The molecule has 5 nitrogen and oxygen atoms in total. The van der Waals surface area contributed by atoms with Crippen molar-refractivity contribution in [3.63, 3.8) is 0 Å².